The molecule has 4 heteroatoms. The molecule has 82 valence electrons. The SMILES string of the molecule is O=C(C#CN1CCOCC1)c1ccccn1. The lowest BCUT2D eigenvalue weighted by Gasteiger charge is -2.22. The zero-order valence-corrected chi connectivity index (χ0v) is 8.85. The molecule has 2 heterocycles. The molecular formula is C12H12N2O2. The maximum Gasteiger partial charge on any atom is 0.255 e. The van der Waals surface area contributed by atoms with E-state index in [0.29, 0.717) is 18.9 Å². The normalized spacial score (nSPS) is 15.1. The molecule has 0 bridgehead atoms. The fourth-order valence-corrected chi connectivity index (χ4v) is 1.37. The van der Waals surface area contributed by atoms with Gasteiger partial charge in [0.2, 0.25) is 0 Å². The number of nitrogens with zero attached hydrogens (tertiary/aromatic N) is 2. The number of hydrogen-bond acceptors (Lipinski definition) is 4. The molecule has 0 aromatic carbocycles. The van der Waals surface area contributed by atoms with Crippen molar-refractivity contribution >= 4 is 5.78 Å². The highest BCUT2D eigenvalue weighted by Crippen LogP contribution is 1.96. The second-order valence-corrected chi connectivity index (χ2v) is 3.38. The van der Waals surface area contributed by atoms with Crippen LogP contribution in [0.5, 0.6) is 0 Å². The molecule has 0 spiro atoms. The zero-order chi connectivity index (χ0) is 11.2. The molecule has 0 aliphatic carbocycles. The third-order valence-electron chi connectivity index (χ3n) is 2.24. The van der Waals surface area contributed by atoms with Crippen molar-refractivity contribution in [1.29, 1.82) is 0 Å². The minimum absolute atomic E-state index is 0.243. The first-order valence-corrected chi connectivity index (χ1v) is 5.16. The van der Waals surface area contributed by atoms with Crippen LogP contribution >= 0.6 is 0 Å². The number of hydrogen-bond donors (Lipinski definition) is 0. The summed E-state index contributed by atoms with van der Waals surface area (Å²) in [7, 11) is 0. The quantitative estimate of drug-likeness (QED) is 0.508. The molecule has 16 heavy (non-hydrogen) atoms. The van der Waals surface area contributed by atoms with Crippen molar-refractivity contribution in [2.24, 2.45) is 0 Å². The maximum absolute atomic E-state index is 11.6. The number of carbonyl (C=O) groups is 1. The van der Waals surface area contributed by atoms with Crippen molar-refractivity contribution in [3.63, 3.8) is 0 Å². The van der Waals surface area contributed by atoms with Crippen molar-refractivity contribution in [3.05, 3.63) is 30.1 Å². The third-order valence-corrected chi connectivity index (χ3v) is 2.24. The number of aromatic nitrogens is 1. The lowest BCUT2D eigenvalue weighted by atomic mass is 10.2. The van der Waals surface area contributed by atoms with E-state index >= 15 is 0 Å². The van der Waals surface area contributed by atoms with Gasteiger partial charge in [-0.3, -0.25) is 9.78 Å². The molecular weight excluding hydrogens is 204 g/mol. The van der Waals surface area contributed by atoms with Crippen molar-refractivity contribution < 1.29 is 9.53 Å². The van der Waals surface area contributed by atoms with Crippen molar-refractivity contribution in [2.45, 2.75) is 0 Å². The Labute approximate surface area is 94.2 Å². The number of morpholine rings is 1. The molecule has 0 atom stereocenters. The fraction of sp³-hybridized carbons (Fsp3) is 0.333. The Morgan fingerprint density at radius 2 is 2.19 bits per heavy atom. The summed E-state index contributed by atoms with van der Waals surface area (Å²) in [5, 5.41) is 0. The van der Waals surface area contributed by atoms with Crippen LogP contribution in [0.2, 0.25) is 0 Å². The Kier molecular flexibility index (Phi) is 3.52. The fourth-order valence-electron chi connectivity index (χ4n) is 1.37. The van der Waals surface area contributed by atoms with Crippen molar-refractivity contribution in [1.82, 2.24) is 9.88 Å². The van der Waals surface area contributed by atoms with Gasteiger partial charge in [0.15, 0.2) is 0 Å². The summed E-state index contributed by atoms with van der Waals surface area (Å²) in [6, 6.07) is 8.04. The van der Waals surface area contributed by atoms with E-state index in [-0.39, 0.29) is 5.78 Å². The Morgan fingerprint density at radius 3 is 2.88 bits per heavy atom. The molecule has 1 aliphatic heterocycles. The van der Waals surface area contributed by atoms with Crippen LogP contribution in [0.4, 0.5) is 0 Å². The standard InChI is InChI=1S/C12H12N2O2/c15-12(11-3-1-2-5-13-11)4-6-14-7-9-16-10-8-14/h1-3,5H,7-10H2. The molecule has 0 radical (unpaired) electrons. The number of ketones is 1. The zero-order valence-electron chi connectivity index (χ0n) is 8.85. The predicted octanol–water partition coefficient (Wildman–Crippen LogP) is 0.557. The highest BCUT2D eigenvalue weighted by molar-refractivity contribution is 6.07. The lowest BCUT2D eigenvalue weighted by Crippen LogP contribution is -2.32. The van der Waals surface area contributed by atoms with Gasteiger partial charge in [-0.2, -0.15) is 0 Å². The van der Waals surface area contributed by atoms with Crippen LogP contribution in [-0.2, 0) is 4.74 Å². The summed E-state index contributed by atoms with van der Waals surface area (Å²) in [5.41, 5.74) is 0.392. The molecule has 1 fully saturated rings. The summed E-state index contributed by atoms with van der Waals surface area (Å²) in [4.78, 5) is 17.4. The molecule has 1 aromatic rings. The first-order valence-electron chi connectivity index (χ1n) is 5.16. The van der Waals surface area contributed by atoms with Gasteiger partial charge in [0.25, 0.3) is 5.78 Å². The summed E-state index contributed by atoms with van der Waals surface area (Å²) in [6.07, 6.45) is 1.59. The van der Waals surface area contributed by atoms with Crippen LogP contribution in [0.25, 0.3) is 0 Å². The number of ether oxygens (including phenoxy) is 1. The second-order valence-electron chi connectivity index (χ2n) is 3.38. The lowest BCUT2D eigenvalue weighted by molar-refractivity contribution is 0.0637. The Morgan fingerprint density at radius 1 is 1.38 bits per heavy atom. The average Bonchev–Trinajstić information content (AvgIpc) is 2.38. The van der Waals surface area contributed by atoms with Crippen LogP contribution in [0.3, 0.4) is 0 Å². The minimum atomic E-state index is -0.243. The average molecular weight is 216 g/mol. The van der Waals surface area contributed by atoms with E-state index in [9.17, 15) is 4.79 Å². The minimum Gasteiger partial charge on any atom is -0.378 e. The molecule has 4 nitrogen and oxygen atoms in total. The van der Waals surface area contributed by atoms with Crippen LogP contribution in [0.15, 0.2) is 24.4 Å². The highest BCUT2D eigenvalue weighted by Gasteiger charge is 2.07. The van der Waals surface area contributed by atoms with Gasteiger partial charge in [0.1, 0.15) is 5.69 Å². The van der Waals surface area contributed by atoms with Crippen LogP contribution in [0, 0.1) is 12.0 Å². The van der Waals surface area contributed by atoms with Crippen LogP contribution in [-0.4, -0.2) is 42.0 Å². The van der Waals surface area contributed by atoms with Gasteiger partial charge in [-0.1, -0.05) is 6.07 Å². The molecule has 1 aliphatic rings. The van der Waals surface area contributed by atoms with Crippen LogP contribution in [0.1, 0.15) is 10.5 Å². The van der Waals surface area contributed by atoms with Gasteiger partial charge in [0, 0.05) is 31.3 Å². The Bertz CT molecular complexity index is 414. The van der Waals surface area contributed by atoms with E-state index in [2.05, 4.69) is 16.9 Å². The first kappa shape index (κ1) is 10.7. The summed E-state index contributed by atoms with van der Waals surface area (Å²) < 4.78 is 5.18. The van der Waals surface area contributed by atoms with E-state index in [1.807, 2.05) is 4.90 Å². The summed E-state index contributed by atoms with van der Waals surface area (Å²) in [6.45, 7) is 2.85. The Balaban J connectivity index is 1.99. The molecule has 2 rings (SSSR count). The van der Waals surface area contributed by atoms with Crippen LogP contribution < -0.4 is 0 Å². The van der Waals surface area contributed by atoms with E-state index in [1.165, 1.54) is 0 Å². The van der Waals surface area contributed by atoms with E-state index in [0.717, 1.165) is 13.1 Å². The largest absolute Gasteiger partial charge is 0.378 e. The van der Waals surface area contributed by atoms with Gasteiger partial charge in [0.05, 0.1) is 13.2 Å². The highest BCUT2D eigenvalue weighted by atomic mass is 16.5. The van der Waals surface area contributed by atoms with Gasteiger partial charge in [-0.05, 0) is 12.1 Å². The van der Waals surface area contributed by atoms with E-state index < -0.39 is 0 Å². The number of pyridine rings is 1. The summed E-state index contributed by atoms with van der Waals surface area (Å²) in [5.74, 6) is 2.34. The monoisotopic (exact) mass is 216 g/mol. The van der Waals surface area contributed by atoms with Crippen molar-refractivity contribution in [3.8, 4) is 12.0 Å². The van der Waals surface area contributed by atoms with Gasteiger partial charge in [-0.25, -0.2) is 0 Å². The van der Waals surface area contributed by atoms with E-state index in [4.69, 9.17) is 4.74 Å². The topological polar surface area (TPSA) is 42.4 Å². The number of Topliss-reactive ketones (excluding diaryl/α,β-unsaturated/α-hetero) is 1. The van der Waals surface area contributed by atoms with Gasteiger partial charge < -0.3 is 9.64 Å². The van der Waals surface area contributed by atoms with Crippen molar-refractivity contribution in [2.75, 3.05) is 26.3 Å². The van der Waals surface area contributed by atoms with E-state index in [1.54, 1.807) is 24.4 Å². The molecule has 0 unspecified atom stereocenters. The van der Waals surface area contributed by atoms with Gasteiger partial charge in [-0.15, -0.1) is 0 Å². The number of carbonyl (C=O) groups excluding carboxylic acids is 1. The third kappa shape index (κ3) is 2.81. The molecule has 0 amide bonds. The number of rotatable bonds is 1. The maximum atomic E-state index is 11.6. The molecule has 0 N–H and O–H groups in total. The van der Waals surface area contributed by atoms with Gasteiger partial charge >= 0.3 is 0 Å². The Hall–Kier alpha value is -1.86. The summed E-state index contributed by atoms with van der Waals surface area (Å²) >= 11 is 0. The molecule has 1 aromatic heterocycles. The second kappa shape index (κ2) is 5.29. The smallest absolute Gasteiger partial charge is 0.255 e. The first-order chi connectivity index (χ1) is 7.86. The molecule has 1 saturated heterocycles. The molecule has 0 saturated carbocycles. The predicted molar refractivity (Wildman–Crippen MR) is 58.7 cm³/mol.